The molecule has 522 valence electrons. The van der Waals surface area contributed by atoms with Crippen molar-refractivity contribution in [2.75, 3.05) is 39.6 Å². The van der Waals surface area contributed by atoms with E-state index in [1.165, 1.54) is 161 Å². The van der Waals surface area contributed by atoms with Crippen LogP contribution in [0.5, 0.6) is 0 Å². The van der Waals surface area contributed by atoms with Crippen LogP contribution in [-0.4, -0.2) is 96.7 Å². The van der Waals surface area contributed by atoms with Gasteiger partial charge in [0.1, 0.15) is 19.3 Å². The summed E-state index contributed by atoms with van der Waals surface area (Å²) in [6, 6.07) is 0. The van der Waals surface area contributed by atoms with E-state index < -0.39 is 97.5 Å². The number of unbranched alkanes of at least 4 members (excludes halogenated alkanes) is 37. The first kappa shape index (κ1) is 86.1. The van der Waals surface area contributed by atoms with Crippen molar-refractivity contribution < 1.29 is 80.2 Å². The number of carbonyl (C=O) groups is 4. The van der Waals surface area contributed by atoms with Crippen LogP contribution in [0.1, 0.15) is 350 Å². The smallest absolute Gasteiger partial charge is 0.462 e. The first-order chi connectivity index (χ1) is 42.4. The molecule has 0 bridgehead atoms. The maximum absolute atomic E-state index is 13.0. The topological polar surface area (TPSA) is 237 Å². The first-order valence-corrected chi connectivity index (χ1v) is 39.0. The highest BCUT2D eigenvalue weighted by Crippen LogP contribution is 2.45. The second-order valence-corrected chi connectivity index (χ2v) is 28.5. The summed E-state index contributed by atoms with van der Waals surface area (Å²) in [6.07, 6.45) is 45.7. The molecule has 0 saturated heterocycles. The molecule has 0 aromatic heterocycles. The van der Waals surface area contributed by atoms with Gasteiger partial charge in [-0.2, -0.15) is 0 Å². The maximum atomic E-state index is 13.0. The normalized spacial score (nSPS) is 14.5. The van der Waals surface area contributed by atoms with Crippen molar-refractivity contribution in [3.8, 4) is 0 Å². The molecule has 0 spiro atoms. The van der Waals surface area contributed by atoms with Gasteiger partial charge in [0.25, 0.3) is 0 Å². The van der Waals surface area contributed by atoms with Gasteiger partial charge >= 0.3 is 39.5 Å². The van der Waals surface area contributed by atoms with Crippen LogP contribution >= 0.6 is 15.6 Å². The van der Waals surface area contributed by atoms with Gasteiger partial charge in [-0.25, -0.2) is 9.13 Å². The molecule has 0 aromatic carbocycles. The van der Waals surface area contributed by atoms with Gasteiger partial charge in [-0.05, 0) is 37.5 Å². The molecule has 0 saturated carbocycles. The van der Waals surface area contributed by atoms with E-state index >= 15 is 0 Å². The maximum Gasteiger partial charge on any atom is 0.472 e. The second kappa shape index (κ2) is 61.3. The number of hydrogen-bond acceptors (Lipinski definition) is 15. The number of aliphatic hydroxyl groups excluding tert-OH is 1. The van der Waals surface area contributed by atoms with Crippen LogP contribution in [0.4, 0.5) is 0 Å². The van der Waals surface area contributed by atoms with Crippen LogP contribution in [0.3, 0.4) is 0 Å². The van der Waals surface area contributed by atoms with E-state index in [0.29, 0.717) is 25.7 Å². The van der Waals surface area contributed by atoms with Gasteiger partial charge in [-0.3, -0.25) is 37.3 Å². The van der Waals surface area contributed by atoms with Crippen molar-refractivity contribution in [2.24, 2.45) is 11.8 Å². The number of aliphatic hydroxyl groups is 1. The molecule has 0 aliphatic rings. The predicted octanol–water partition coefficient (Wildman–Crippen LogP) is 19.6. The monoisotopic (exact) mass is 1300 g/mol. The third-order valence-corrected chi connectivity index (χ3v) is 18.2. The van der Waals surface area contributed by atoms with Gasteiger partial charge < -0.3 is 33.8 Å². The molecule has 17 nitrogen and oxygen atoms in total. The summed E-state index contributed by atoms with van der Waals surface area (Å²) in [6.45, 7) is 9.52. The molecule has 6 atom stereocenters. The zero-order chi connectivity index (χ0) is 65.0. The Labute approximate surface area is 537 Å². The van der Waals surface area contributed by atoms with Gasteiger partial charge in [0.2, 0.25) is 0 Å². The molecule has 88 heavy (non-hydrogen) atoms. The van der Waals surface area contributed by atoms with E-state index in [1.54, 1.807) is 0 Å². The van der Waals surface area contributed by atoms with Crippen molar-refractivity contribution in [3.05, 3.63) is 0 Å². The Morgan fingerprint density at radius 1 is 0.330 bits per heavy atom. The molecular weight excluding hydrogens is 1160 g/mol. The minimum Gasteiger partial charge on any atom is -0.462 e. The number of rotatable bonds is 68. The molecule has 19 heteroatoms. The van der Waals surface area contributed by atoms with Crippen LogP contribution in [0, 0.1) is 11.8 Å². The molecule has 3 unspecified atom stereocenters. The lowest BCUT2D eigenvalue weighted by Gasteiger charge is -2.21. The van der Waals surface area contributed by atoms with E-state index in [4.69, 9.17) is 37.0 Å². The third kappa shape index (κ3) is 61.6. The number of ether oxygens (including phenoxy) is 4. The average Bonchev–Trinajstić information content (AvgIpc) is 3.70. The lowest BCUT2D eigenvalue weighted by Crippen LogP contribution is -2.30. The molecule has 0 fully saturated rings. The molecular formula is C69H134O17P2. The Morgan fingerprint density at radius 2 is 0.580 bits per heavy atom. The highest BCUT2D eigenvalue weighted by Gasteiger charge is 2.30. The molecule has 0 aliphatic carbocycles. The van der Waals surface area contributed by atoms with Crippen molar-refractivity contribution in [1.82, 2.24) is 0 Å². The highest BCUT2D eigenvalue weighted by atomic mass is 31.2. The van der Waals surface area contributed by atoms with Crippen LogP contribution in [-0.2, 0) is 65.4 Å². The Balaban J connectivity index is 5.24. The molecule has 0 radical (unpaired) electrons. The molecule has 0 aliphatic heterocycles. The highest BCUT2D eigenvalue weighted by molar-refractivity contribution is 7.47. The number of phosphoric acid groups is 2. The Bertz CT molecular complexity index is 1720. The number of phosphoric ester groups is 2. The fraction of sp³-hybridized carbons (Fsp3) is 0.942. The Morgan fingerprint density at radius 3 is 0.864 bits per heavy atom. The summed E-state index contributed by atoms with van der Waals surface area (Å²) < 4.78 is 68.2. The Hall–Kier alpha value is -1.94. The van der Waals surface area contributed by atoms with E-state index in [2.05, 4.69) is 41.5 Å². The summed E-state index contributed by atoms with van der Waals surface area (Å²) in [5.41, 5.74) is 0. The molecule has 0 aromatic rings. The Kier molecular flexibility index (Phi) is 59.9. The van der Waals surface area contributed by atoms with Gasteiger partial charge in [-0.1, -0.05) is 298 Å². The van der Waals surface area contributed by atoms with E-state index in [-0.39, 0.29) is 25.7 Å². The molecule has 3 N–H and O–H groups in total. The fourth-order valence-electron chi connectivity index (χ4n) is 10.4. The van der Waals surface area contributed by atoms with Gasteiger partial charge in [0, 0.05) is 25.7 Å². The zero-order valence-corrected chi connectivity index (χ0v) is 58.8. The van der Waals surface area contributed by atoms with Crippen molar-refractivity contribution in [1.29, 1.82) is 0 Å². The number of hydrogen-bond donors (Lipinski definition) is 3. The fourth-order valence-corrected chi connectivity index (χ4v) is 12.0. The third-order valence-electron chi connectivity index (χ3n) is 16.3. The minimum atomic E-state index is -4.95. The average molecular weight is 1300 g/mol. The minimum absolute atomic E-state index is 0.105. The zero-order valence-electron chi connectivity index (χ0n) is 57.0. The summed E-state index contributed by atoms with van der Waals surface area (Å²) in [5.74, 6) is -0.588. The van der Waals surface area contributed by atoms with Gasteiger partial charge in [-0.15, -0.1) is 0 Å². The molecule has 0 amide bonds. The van der Waals surface area contributed by atoms with Gasteiger partial charge in [0.15, 0.2) is 12.2 Å². The SMILES string of the molecule is CCCCCCCCCCCCCCCCC(=O)OC[C@H](COP(=O)(O)OC[C@@H](O)COP(=O)(O)OC[C@@H](COC(=O)CCCCCCCCCC)OC(=O)CCCCCCCCCCCC(C)C)OC(=O)CCCCCCCCCCCCC(C)CC. The first-order valence-electron chi connectivity index (χ1n) is 36.0. The summed E-state index contributed by atoms with van der Waals surface area (Å²) in [4.78, 5) is 72.4. The lowest BCUT2D eigenvalue weighted by atomic mass is 9.99. The molecule has 0 heterocycles. The lowest BCUT2D eigenvalue weighted by molar-refractivity contribution is -0.161. The standard InChI is InChI=1S/C69H134O17P2/c1-7-10-12-14-16-18-19-20-21-22-28-34-40-46-52-67(72)80-58-65(85-68(73)53-47-41-35-29-24-23-27-32-38-44-50-62(6)9-3)60-84-88(77,78)82-56-63(70)55-81-87(75,76)83-59-64(57-79-66(71)51-45-39-33-17-15-13-11-8-2)86-69(74)54-48-42-36-30-25-26-31-37-43-49-61(4)5/h61-65,70H,7-60H2,1-6H3,(H,75,76)(H,77,78)/t62?,63-,64+,65+/m0/s1. The quantitative estimate of drug-likeness (QED) is 0.0222. The number of carbonyl (C=O) groups excluding carboxylic acids is 4. The van der Waals surface area contributed by atoms with E-state index in [0.717, 1.165) is 108 Å². The van der Waals surface area contributed by atoms with Crippen molar-refractivity contribution in [2.45, 2.75) is 368 Å². The van der Waals surface area contributed by atoms with Gasteiger partial charge in [0.05, 0.1) is 26.4 Å². The van der Waals surface area contributed by atoms with Crippen molar-refractivity contribution in [3.63, 3.8) is 0 Å². The van der Waals surface area contributed by atoms with E-state index in [9.17, 15) is 43.2 Å². The number of esters is 4. The van der Waals surface area contributed by atoms with Crippen LogP contribution in [0.25, 0.3) is 0 Å². The van der Waals surface area contributed by atoms with Crippen LogP contribution in [0.2, 0.25) is 0 Å². The van der Waals surface area contributed by atoms with Crippen LogP contribution in [0.15, 0.2) is 0 Å². The predicted molar refractivity (Wildman–Crippen MR) is 354 cm³/mol. The summed E-state index contributed by atoms with van der Waals surface area (Å²) >= 11 is 0. The van der Waals surface area contributed by atoms with Crippen molar-refractivity contribution >= 4 is 39.5 Å². The summed E-state index contributed by atoms with van der Waals surface area (Å²) in [5, 5.41) is 10.6. The molecule has 0 rings (SSSR count). The van der Waals surface area contributed by atoms with E-state index in [1.807, 2.05) is 0 Å². The largest absolute Gasteiger partial charge is 0.472 e. The second-order valence-electron chi connectivity index (χ2n) is 25.6. The van der Waals surface area contributed by atoms with Crippen LogP contribution < -0.4 is 0 Å². The summed E-state index contributed by atoms with van der Waals surface area (Å²) in [7, 11) is -9.90.